The average Bonchev–Trinajstić information content (AvgIpc) is 3.21. The molecule has 1 aliphatic rings. The largest absolute Gasteiger partial charge is 0.609 e. The molecule has 3 aromatic rings. The van der Waals surface area contributed by atoms with E-state index in [1.54, 1.807) is 6.20 Å². The van der Waals surface area contributed by atoms with Gasteiger partial charge in [0.2, 0.25) is 5.91 Å². The van der Waals surface area contributed by atoms with Crippen LogP contribution >= 0.6 is 15.9 Å². The highest BCUT2D eigenvalue weighted by molar-refractivity contribution is 9.10. The van der Waals surface area contributed by atoms with Gasteiger partial charge in [-0.3, -0.25) is 4.79 Å². The molecule has 0 saturated carbocycles. The quantitative estimate of drug-likeness (QED) is 0.376. The number of H-pyrrole nitrogens is 1. The molecule has 0 bridgehead atoms. The Morgan fingerprint density at radius 2 is 2.10 bits per heavy atom. The van der Waals surface area contributed by atoms with Gasteiger partial charge < -0.3 is 19.6 Å². The summed E-state index contributed by atoms with van der Waals surface area (Å²) in [6.45, 7) is 2.49. The van der Waals surface area contributed by atoms with Crippen LogP contribution in [0.1, 0.15) is 24.0 Å². The van der Waals surface area contributed by atoms with E-state index < -0.39 is 11.2 Å². The van der Waals surface area contributed by atoms with Crippen molar-refractivity contribution in [1.29, 1.82) is 0 Å². The third kappa shape index (κ3) is 4.88. The highest BCUT2D eigenvalue weighted by Gasteiger charge is 2.18. The number of benzene rings is 2. The lowest BCUT2D eigenvalue weighted by atomic mass is 10.0. The highest BCUT2D eigenvalue weighted by Crippen LogP contribution is 2.27. The molecule has 1 atom stereocenters. The molecule has 2 aromatic carbocycles. The van der Waals surface area contributed by atoms with E-state index in [9.17, 15) is 9.35 Å². The van der Waals surface area contributed by atoms with Gasteiger partial charge in [-0.25, -0.2) is 0 Å². The zero-order valence-corrected chi connectivity index (χ0v) is 18.9. The van der Waals surface area contributed by atoms with Crippen LogP contribution in [-0.4, -0.2) is 32.8 Å². The number of aromatic nitrogens is 2. The molecule has 4 rings (SSSR count). The first-order valence-electron chi connectivity index (χ1n) is 9.75. The van der Waals surface area contributed by atoms with E-state index in [0.29, 0.717) is 30.4 Å². The first kappa shape index (κ1) is 21.0. The van der Waals surface area contributed by atoms with Crippen molar-refractivity contribution >= 4 is 38.7 Å². The number of aryl methyl sites for hydroxylation is 2. The normalized spacial score (nSPS) is 14.2. The molecule has 0 aliphatic carbocycles. The molecule has 1 aromatic heterocycles. The Balaban J connectivity index is 1.29. The second-order valence-corrected chi connectivity index (χ2v) is 9.57. The maximum Gasteiger partial charge on any atom is 0.321 e. The number of nitrogens with one attached hydrogen (secondary N) is 2. The number of ether oxygens (including phenoxy) is 1. The highest BCUT2D eigenvalue weighted by atomic mass is 79.9. The predicted octanol–water partition coefficient (Wildman–Crippen LogP) is 4.61. The van der Waals surface area contributed by atoms with Crippen molar-refractivity contribution in [1.82, 2.24) is 9.97 Å². The van der Waals surface area contributed by atoms with Gasteiger partial charge in [-0.1, -0.05) is 22.0 Å². The van der Waals surface area contributed by atoms with E-state index in [4.69, 9.17) is 4.74 Å². The Kier molecular flexibility index (Phi) is 6.46. The van der Waals surface area contributed by atoms with Crippen molar-refractivity contribution in [3.8, 4) is 17.0 Å². The van der Waals surface area contributed by atoms with Gasteiger partial charge in [-0.15, -0.1) is 0 Å². The number of hydrogen-bond donors (Lipinski definition) is 2. The standard InChI is InChI=1S/C22H22BrN3O3S/c1-14-11-16(23)4-6-18(14)20-13-24-22(26-20)30(28)10-2-9-29-17-5-7-19-15(12-17)3-8-21(27)25-19/h4-7,11-13H,2-3,8-10H2,1H3,(H,24,26)(H,25,27). The zero-order chi connectivity index (χ0) is 21.1. The number of amides is 1. The monoisotopic (exact) mass is 487 g/mol. The van der Waals surface area contributed by atoms with Crippen LogP contribution in [0.4, 0.5) is 5.69 Å². The van der Waals surface area contributed by atoms with Gasteiger partial charge in [-0.2, -0.15) is 4.98 Å². The third-order valence-electron chi connectivity index (χ3n) is 4.95. The minimum Gasteiger partial charge on any atom is -0.609 e. The summed E-state index contributed by atoms with van der Waals surface area (Å²) in [4.78, 5) is 19.0. The summed E-state index contributed by atoms with van der Waals surface area (Å²) < 4.78 is 19.4. The maximum atomic E-state index is 12.6. The van der Waals surface area contributed by atoms with Crippen molar-refractivity contribution in [3.63, 3.8) is 0 Å². The molecule has 1 amide bonds. The van der Waals surface area contributed by atoms with Crippen LogP contribution in [0.15, 0.2) is 52.2 Å². The molecule has 0 fully saturated rings. The Labute approximate surface area is 186 Å². The van der Waals surface area contributed by atoms with Gasteiger partial charge in [0.1, 0.15) is 11.5 Å². The topological polar surface area (TPSA) is 90.1 Å². The van der Waals surface area contributed by atoms with E-state index >= 15 is 0 Å². The lowest BCUT2D eigenvalue weighted by Gasteiger charge is -2.17. The summed E-state index contributed by atoms with van der Waals surface area (Å²) in [5, 5.41) is 3.34. The van der Waals surface area contributed by atoms with Crippen molar-refractivity contribution in [3.05, 3.63) is 58.2 Å². The first-order valence-corrected chi connectivity index (χ1v) is 11.9. The molecule has 6 nitrogen and oxygen atoms in total. The minimum absolute atomic E-state index is 0.0510. The van der Waals surface area contributed by atoms with Gasteiger partial charge in [0, 0.05) is 45.9 Å². The van der Waals surface area contributed by atoms with E-state index in [2.05, 4.69) is 31.2 Å². The van der Waals surface area contributed by atoms with E-state index in [-0.39, 0.29) is 5.91 Å². The number of aromatic amines is 1. The van der Waals surface area contributed by atoms with Gasteiger partial charge >= 0.3 is 5.16 Å². The van der Waals surface area contributed by atoms with Crippen LogP contribution in [-0.2, 0) is 22.4 Å². The molecular formula is C22H22BrN3O3S. The third-order valence-corrected chi connectivity index (χ3v) is 6.74. The van der Waals surface area contributed by atoms with E-state index in [1.165, 1.54) is 0 Å². The lowest BCUT2D eigenvalue weighted by Crippen LogP contribution is -2.18. The Morgan fingerprint density at radius 3 is 2.93 bits per heavy atom. The summed E-state index contributed by atoms with van der Waals surface area (Å²) >= 11 is 2.25. The average molecular weight is 488 g/mol. The summed E-state index contributed by atoms with van der Waals surface area (Å²) in [5.41, 5.74) is 4.85. The molecule has 156 valence electrons. The molecule has 8 heteroatoms. The minimum atomic E-state index is -1.21. The first-order chi connectivity index (χ1) is 14.5. The molecule has 0 saturated heterocycles. The molecule has 0 spiro atoms. The summed E-state index contributed by atoms with van der Waals surface area (Å²) in [6.07, 6.45) is 3.67. The number of rotatable bonds is 7. The number of halogens is 1. The van der Waals surface area contributed by atoms with E-state index in [0.717, 1.165) is 44.7 Å². The maximum absolute atomic E-state index is 12.6. The molecule has 2 heterocycles. The van der Waals surface area contributed by atoms with Crippen LogP contribution in [0.25, 0.3) is 11.3 Å². The molecule has 30 heavy (non-hydrogen) atoms. The number of hydrogen-bond acceptors (Lipinski definition) is 4. The van der Waals surface area contributed by atoms with Crippen LogP contribution in [0.2, 0.25) is 0 Å². The second kappa shape index (κ2) is 9.24. The van der Waals surface area contributed by atoms with Gasteiger partial charge in [0.05, 0.1) is 12.3 Å². The summed E-state index contributed by atoms with van der Waals surface area (Å²) in [5.74, 6) is 1.28. The number of anilines is 1. The van der Waals surface area contributed by atoms with Crippen molar-refractivity contribution < 1.29 is 14.1 Å². The fourth-order valence-electron chi connectivity index (χ4n) is 3.40. The molecule has 0 radical (unpaired) electrons. The van der Waals surface area contributed by atoms with Crippen molar-refractivity contribution in [2.75, 3.05) is 17.7 Å². The summed E-state index contributed by atoms with van der Waals surface area (Å²) in [7, 11) is 0. The number of fused-ring (bicyclic) bond motifs is 1. The lowest BCUT2D eigenvalue weighted by molar-refractivity contribution is -0.116. The van der Waals surface area contributed by atoms with Gasteiger partial charge in [0.15, 0.2) is 0 Å². The van der Waals surface area contributed by atoms with Crippen LogP contribution in [0, 0.1) is 6.92 Å². The molecule has 2 N–H and O–H groups in total. The van der Waals surface area contributed by atoms with Crippen LogP contribution in [0.3, 0.4) is 0 Å². The Morgan fingerprint density at radius 1 is 1.23 bits per heavy atom. The number of carbonyl (C=O) groups excluding carboxylic acids is 1. The van der Waals surface area contributed by atoms with Gasteiger partial charge in [0.25, 0.3) is 0 Å². The van der Waals surface area contributed by atoms with Gasteiger partial charge in [-0.05, 0) is 54.8 Å². The van der Waals surface area contributed by atoms with E-state index in [1.807, 2.05) is 43.3 Å². The smallest absolute Gasteiger partial charge is 0.321 e. The number of nitrogens with zero attached hydrogens (tertiary/aromatic N) is 1. The van der Waals surface area contributed by atoms with Crippen molar-refractivity contribution in [2.45, 2.75) is 31.3 Å². The number of carbonyl (C=O) groups is 1. The zero-order valence-electron chi connectivity index (χ0n) is 16.5. The fourth-order valence-corrected chi connectivity index (χ4v) is 4.84. The summed E-state index contributed by atoms with van der Waals surface area (Å²) in [6, 6.07) is 11.7. The predicted molar refractivity (Wildman–Crippen MR) is 121 cm³/mol. The molecule has 1 aliphatic heterocycles. The Bertz CT molecular complexity index is 1070. The SMILES string of the molecule is Cc1cc(Br)ccc1-c1c[nH]c([S+]([O-])CCCOc2ccc3c(c2)CCC(=O)N3)n1. The van der Waals surface area contributed by atoms with Crippen LogP contribution < -0.4 is 10.1 Å². The Hall–Kier alpha value is -2.29. The fraction of sp³-hybridized carbons (Fsp3) is 0.273. The second-order valence-electron chi connectivity index (χ2n) is 7.17. The number of imidazole rings is 1. The van der Waals surface area contributed by atoms with Crippen molar-refractivity contribution in [2.24, 2.45) is 0 Å². The van der Waals surface area contributed by atoms with Crippen LogP contribution in [0.5, 0.6) is 5.75 Å². The molecular weight excluding hydrogens is 466 g/mol. The molecule has 1 unspecified atom stereocenters.